The first-order chi connectivity index (χ1) is 13.7. The molecule has 188 valence electrons. The monoisotopic (exact) mass is 555 g/mol. The summed E-state index contributed by atoms with van der Waals surface area (Å²) in [6.45, 7) is 2.53. The van der Waals surface area contributed by atoms with E-state index in [1.54, 1.807) is 0 Å². The van der Waals surface area contributed by atoms with Gasteiger partial charge in [-0.1, -0.05) is 35.2 Å². The van der Waals surface area contributed by atoms with Crippen molar-refractivity contribution in [2.24, 2.45) is 11.3 Å². The van der Waals surface area contributed by atoms with Gasteiger partial charge in [0.1, 0.15) is 10.0 Å². The topological polar surface area (TPSA) is 152 Å². The van der Waals surface area contributed by atoms with E-state index in [-0.39, 0.29) is 18.9 Å². The molecule has 0 radical (unpaired) electrons. The smallest absolute Gasteiger partial charge is 0.757 e. The molecule has 11 nitrogen and oxygen atoms in total. The summed E-state index contributed by atoms with van der Waals surface area (Å²) < 4.78 is 156. The number of halogens is 6. The van der Waals surface area contributed by atoms with Crippen molar-refractivity contribution in [2.75, 3.05) is 26.2 Å². The standard InChI is InChI=1S/C10H21F6N5O6S4.Li/c1-5-20(6-2)30(26,17-28(22,23)9(11,12)13)19-31(27,21(7-3)8-4)18-29(24,25)10(14,15)16;/h5-8H2,1-4H3,(H,17,18,19,22,23,26,27);/q;+1/p-1. The largest absolute Gasteiger partial charge is 1.00 e. The predicted molar refractivity (Wildman–Crippen MR) is 99.4 cm³/mol. The fraction of sp³-hybridized carbons (Fsp3) is 1.00. The van der Waals surface area contributed by atoms with Gasteiger partial charge in [0.05, 0.1) is 0 Å². The van der Waals surface area contributed by atoms with Crippen LogP contribution in [-0.4, -0.2) is 71.4 Å². The van der Waals surface area contributed by atoms with Crippen LogP contribution >= 0.6 is 0 Å². The number of sulfonamides is 1. The average Bonchev–Trinajstić information content (AvgIpc) is 2.52. The van der Waals surface area contributed by atoms with Gasteiger partial charge in [-0.05, 0) is 0 Å². The van der Waals surface area contributed by atoms with Crippen LogP contribution in [0.3, 0.4) is 0 Å². The summed E-state index contributed by atoms with van der Waals surface area (Å²) in [7, 11) is -23.7. The third-order valence-corrected chi connectivity index (χ3v) is 11.5. The van der Waals surface area contributed by atoms with E-state index < -0.39 is 77.4 Å². The normalized spacial score (nSPS) is 18.8. The van der Waals surface area contributed by atoms with Gasteiger partial charge in [0, 0.05) is 26.2 Å². The van der Waals surface area contributed by atoms with Crippen LogP contribution in [0, 0.1) is 0 Å². The van der Waals surface area contributed by atoms with Crippen LogP contribution in [0.4, 0.5) is 26.3 Å². The fourth-order valence-corrected chi connectivity index (χ4v) is 9.10. The average molecular weight is 555 g/mol. The molecule has 0 fully saturated rings. The maximum absolute atomic E-state index is 13.1. The molecule has 3 unspecified atom stereocenters. The predicted octanol–water partition coefficient (Wildman–Crippen LogP) is -0.762. The summed E-state index contributed by atoms with van der Waals surface area (Å²) in [5, 5.41) is 0. The van der Waals surface area contributed by atoms with Crippen LogP contribution in [-0.2, 0) is 40.2 Å². The molecule has 0 rings (SSSR count). The first-order valence-electron chi connectivity index (χ1n) is 8.10. The number of hydrogen-bond donors (Lipinski definition) is 0. The van der Waals surface area contributed by atoms with Crippen LogP contribution in [0.2, 0.25) is 0 Å². The first-order valence-corrected chi connectivity index (χ1v) is 13.8. The van der Waals surface area contributed by atoms with Crippen LogP contribution < -0.4 is 18.9 Å². The molecule has 0 aromatic carbocycles. The van der Waals surface area contributed by atoms with Crippen molar-refractivity contribution >= 4 is 40.2 Å². The maximum Gasteiger partial charge on any atom is 1.00 e. The quantitative estimate of drug-likeness (QED) is 0.269. The number of nitrogens with zero attached hydrogens (tertiary/aromatic N) is 5. The Morgan fingerprint density at radius 1 is 0.656 bits per heavy atom. The second-order valence-corrected chi connectivity index (χ2v) is 12.8. The van der Waals surface area contributed by atoms with Gasteiger partial charge < -0.3 is 4.55 Å². The minimum atomic E-state index is -6.55. The second-order valence-electron chi connectivity index (χ2n) is 5.23. The zero-order valence-electron chi connectivity index (χ0n) is 17.4. The van der Waals surface area contributed by atoms with Gasteiger partial charge in [0.15, 0.2) is 0 Å². The van der Waals surface area contributed by atoms with Gasteiger partial charge in [-0.2, -0.15) is 43.4 Å². The molecule has 0 N–H and O–H groups in total. The molecule has 0 spiro atoms. The van der Waals surface area contributed by atoms with Gasteiger partial charge in [-0.3, -0.25) is 4.21 Å². The van der Waals surface area contributed by atoms with E-state index in [9.17, 15) is 51.9 Å². The minimum Gasteiger partial charge on any atom is -0.757 e. The maximum atomic E-state index is 13.1. The molecule has 0 aliphatic heterocycles. The molecular formula is C10H20F6LiN5O6S4. The van der Waals surface area contributed by atoms with Crippen LogP contribution in [0.15, 0.2) is 11.3 Å². The van der Waals surface area contributed by atoms with Crippen LogP contribution in [0.5, 0.6) is 0 Å². The molecule has 22 heteroatoms. The summed E-state index contributed by atoms with van der Waals surface area (Å²) in [4.78, 5) is 0. The molecule has 0 saturated carbocycles. The van der Waals surface area contributed by atoms with E-state index in [2.05, 4.69) is 11.3 Å². The Morgan fingerprint density at radius 3 is 1.22 bits per heavy atom. The van der Waals surface area contributed by atoms with Gasteiger partial charge in [0.25, 0.3) is 0 Å². The molecule has 0 saturated heterocycles. The Kier molecular flexibility index (Phi) is 12.3. The molecule has 0 bridgehead atoms. The van der Waals surface area contributed by atoms with Gasteiger partial charge in [-0.25, -0.2) is 8.42 Å². The van der Waals surface area contributed by atoms with E-state index in [1.165, 1.54) is 0 Å². The first kappa shape index (κ1) is 34.0. The summed E-state index contributed by atoms with van der Waals surface area (Å²) in [5.74, 6) is 0. The Bertz CT molecular complexity index is 1110. The van der Waals surface area contributed by atoms with Crippen molar-refractivity contribution in [2.45, 2.75) is 38.7 Å². The Labute approximate surface area is 195 Å². The van der Waals surface area contributed by atoms with Crippen LogP contribution in [0.25, 0.3) is 0 Å². The SMILES string of the molecule is CCN(CC)S(=O)(=NS(=O)(=O)C(F)(F)F)N=S(=O)(N=S(=O)([O-])C(F)(F)F)N(CC)CC.[Li+]. The number of rotatable bonds is 9. The molecule has 0 amide bonds. The summed E-state index contributed by atoms with van der Waals surface area (Å²) in [6, 6.07) is 0. The van der Waals surface area contributed by atoms with Crippen molar-refractivity contribution in [1.82, 2.24) is 8.61 Å². The molecule has 3 atom stereocenters. The van der Waals surface area contributed by atoms with E-state index in [1.807, 2.05) is 0 Å². The van der Waals surface area contributed by atoms with Gasteiger partial charge >= 0.3 is 39.9 Å². The number of hydrogen-bond acceptors (Lipinski definition) is 6. The fourth-order valence-electron chi connectivity index (χ4n) is 1.80. The number of alkyl halides is 6. The van der Waals surface area contributed by atoms with Crippen molar-refractivity contribution in [3.8, 4) is 0 Å². The van der Waals surface area contributed by atoms with Crippen LogP contribution in [0.1, 0.15) is 27.7 Å². The summed E-state index contributed by atoms with van der Waals surface area (Å²) in [6.07, 6.45) is 0. The minimum absolute atomic E-state index is 0. The van der Waals surface area contributed by atoms with Crippen molar-refractivity contribution in [3.05, 3.63) is 0 Å². The Morgan fingerprint density at radius 2 is 0.969 bits per heavy atom. The van der Waals surface area contributed by atoms with E-state index in [0.29, 0.717) is 8.61 Å². The molecular weight excluding hydrogens is 535 g/mol. The van der Waals surface area contributed by atoms with E-state index in [0.717, 1.165) is 27.7 Å². The van der Waals surface area contributed by atoms with Crippen molar-refractivity contribution in [1.29, 1.82) is 0 Å². The third-order valence-electron chi connectivity index (χ3n) is 3.25. The molecule has 0 aromatic rings. The Balaban J connectivity index is 0. The molecule has 0 aliphatic rings. The van der Waals surface area contributed by atoms with Crippen molar-refractivity contribution < 1.29 is 70.8 Å². The van der Waals surface area contributed by atoms with Crippen molar-refractivity contribution in [3.63, 3.8) is 0 Å². The molecule has 0 aromatic heterocycles. The van der Waals surface area contributed by atoms with E-state index >= 15 is 0 Å². The zero-order valence-corrected chi connectivity index (χ0v) is 20.7. The van der Waals surface area contributed by atoms with E-state index in [4.69, 9.17) is 0 Å². The second kappa shape index (κ2) is 11.5. The molecule has 32 heavy (non-hydrogen) atoms. The third kappa shape index (κ3) is 7.97. The summed E-state index contributed by atoms with van der Waals surface area (Å²) in [5.41, 5.74) is -12.2. The van der Waals surface area contributed by atoms with Gasteiger partial charge in [-0.15, -0.1) is 3.77 Å². The Hall–Kier alpha value is -0.143. The molecule has 0 heterocycles. The van der Waals surface area contributed by atoms with Gasteiger partial charge in [0.2, 0.25) is 20.2 Å². The summed E-state index contributed by atoms with van der Waals surface area (Å²) >= 11 is 0. The zero-order chi connectivity index (χ0) is 25.1. The molecule has 0 aliphatic carbocycles.